The van der Waals surface area contributed by atoms with Crippen molar-refractivity contribution in [3.05, 3.63) is 95.1 Å². The minimum Gasteiger partial charge on any atom is -0.462 e. The molecule has 3 aromatic rings. The predicted molar refractivity (Wildman–Crippen MR) is 148 cm³/mol. The average Bonchev–Trinajstić information content (AvgIpc) is 2.99. The third kappa shape index (κ3) is 7.60. The second-order valence-corrected chi connectivity index (χ2v) is 9.84. The number of aliphatic hydroxyl groups excluding tert-OH is 4. The van der Waals surface area contributed by atoms with Gasteiger partial charge in [-0.2, -0.15) is 13.2 Å². The van der Waals surface area contributed by atoms with Gasteiger partial charge in [0.25, 0.3) is 0 Å². The van der Waals surface area contributed by atoms with Crippen LogP contribution in [0.3, 0.4) is 0 Å². The van der Waals surface area contributed by atoms with Crippen LogP contribution in [0.1, 0.15) is 28.3 Å². The average molecular weight is 605 g/mol. The van der Waals surface area contributed by atoms with Gasteiger partial charge in [-0.3, -0.25) is 10.2 Å². The molecule has 1 aliphatic rings. The molecular formula is C29H31F3N4O7. The van der Waals surface area contributed by atoms with E-state index in [9.17, 15) is 38.4 Å². The van der Waals surface area contributed by atoms with Crippen molar-refractivity contribution in [2.45, 2.75) is 49.5 Å². The number of ether oxygens (including phenoxy) is 2. The van der Waals surface area contributed by atoms with Crippen molar-refractivity contribution in [3.63, 3.8) is 0 Å². The summed E-state index contributed by atoms with van der Waals surface area (Å²) in [5.74, 6) is -0.784. The number of hydrogen-bond acceptors (Lipinski definition) is 9. The standard InChI is InChI=1S/C29H31F3N4O7/c30-29(31,32)17-10-8-15(9-11-17)13-35-27(41)22(36-18-5-3-4-16(12-18)26(33)34)19-6-1-2-7-20(19)42-28-25(40)24(39)23(38)21(14-37)43-28/h1-12,21-25,28,36-40H,13-14H2,(H3,33,34)(H,35,41). The Balaban J connectivity index is 1.63. The zero-order chi connectivity index (χ0) is 31.3. The molecule has 0 spiro atoms. The second-order valence-electron chi connectivity index (χ2n) is 9.84. The fraction of sp³-hybridized carbons (Fsp3) is 0.310. The highest BCUT2D eigenvalue weighted by molar-refractivity contribution is 5.96. The third-order valence-electron chi connectivity index (χ3n) is 6.82. The first-order valence-electron chi connectivity index (χ1n) is 13.1. The van der Waals surface area contributed by atoms with Gasteiger partial charge in [-0.05, 0) is 35.9 Å². The number of carbonyl (C=O) groups is 1. The van der Waals surface area contributed by atoms with Crippen LogP contribution < -0.4 is 21.1 Å². The van der Waals surface area contributed by atoms with Gasteiger partial charge < -0.3 is 46.3 Å². The Morgan fingerprint density at radius 2 is 1.70 bits per heavy atom. The number of anilines is 1. The van der Waals surface area contributed by atoms with E-state index in [1.807, 2.05) is 0 Å². The summed E-state index contributed by atoms with van der Waals surface area (Å²) < 4.78 is 50.2. The Morgan fingerprint density at radius 1 is 1.00 bits per heavy atom. The maximum absolute atomic E-state index is 13.6. The Kier molecular flexibility index (Phi) is 9.88. The van der Waals surface area contributed by atoms with E-state index in [-0.39, 0.29) is 23.7 Å². The number of amides is 1. The number of para-hydroxylation sites is 1. The first-order chi connectivity index (χ1) is 20.4. The van der Waals surface area contributed by atoms with Gasteiger partial charge in [0.1, 0.15) is 42.0 Å². The molecule has 9 N–H and O–H groups in total. The minimum atomic E-state index is -4.50. The van der Waals surface area contributed by atoms with E-state index < -0.39 is 61.0 Å². The molecule has 43 heavy (non-hydrogen) atoms. The van der Waals surface area contributed by atoms with E-state index in [2.05, 4.69) is 10.6 Å². The third-order valence-corrected chi connectivity index (χ3v) is 6.82. The van der Waals surface area contributed by atoms with Gasteiger partial charge in [0, 0.05) is 23.4 Å². The van der Waals surface area contributed by atoms with Crippen molar-refractivity contribution in [1.29, 1.82) is 5.41 Å². The molecule has 6 unspecified atom stereocenters. The molecule has 0 bridgehead atoms. The summed E-state index contributed by atoms with van der Waals surface area (Å²) in [6, 6.07) is 15.7. The van der Waals surface area contributed by atoms with Crippen molar-refractivity contribution in [2.75, 3.05) is 11.9 Å². The summed E-state index contributed by atoms with van der Waals surface area (Å²) in [5.41, 5.74) is 6.19. The molecule has 0 aromatic heterocycles. The van der Waals surface area contributed by atoms with Gasteiger partial charge >= 0.3 is 6.18 Å². The highest BCUT2D eigenvalue weighted by atomic mass is 19.4. The molecule has 1 amide bonds. The van der Waals surface area contributed by atoms with Crippen molar-refractivity contribution < 1.29 is 47.9 Å². The van der Waals surface area contributed by atoms with E-state index >= 15 is 0 Å². The van der Waals surface area contributed by atoms with Gasteiger partial charge in [-0.15, -0.1) is 0 Å². The molecule has 6 atom stereocenters. The Hall–Kier alpha value is -4.21. The first-order valence-corrected chi connectivity index (χ1v) is 13.1. The van der Waals surface area contributed by atoms with Crippen LogP contribution in [-0.2, 0) is 22.3 Å². The minimum absolute atomic E-state index is 0.0386. The smallest absolute Gasteiger partial charge is 0.416 e. The fourth-order valence-corrected chi connectivity index (χ4v) is 4.45. The lowest BCUT2D eigenvalue weighted by atomic mass is 9.99. The van der Waals surface area contributed by atoms with Crippen LogP contribution in [0.5, 0.6) is 5.75 Å². The molecule has 4 rings (SSSR count). The molecule has 0 aliphatic carbocycles. The maximum Gasteiger partial charge on any atom is 0.416 e. The number of amidine groups is 1. The van der Waals surface area contributed by atoms with Gasteiger partial charge in [0.05, 0.1) is 12.2 Å². The molecule has 1 heterocycles. The summed E-state index contributed by atoms with van der Waals surface area (Å²) in [6.45, 7) is -0.784. The van der Waals surface area contributed by atoms with Crippen LogP contribution in [-0.4, -0.2) is 69.5 Å². The normalized spacial score (nSPS) is 22.8. The van der Waals surface area contributed by atoms with Crippen LogP contribution >= 0.6 is 0 Å². The van der Waals surface area contributed by atoms with Crippen molar-refractivity contribution in [2.24, 2.45) is 5.73 Å². The summed E-state index contributed by atoms with van der Waals surface area (Å²) in [7, 11) is 0. The zero-order valence-corrected chi connectivity index (χ0v) is 22.5. The number of nitrogens with one attached hydrogen (secondary N) is 3. The number of nitrogens with two attached hydrogens (primary N) is 1. The molecule has 11 nitrogen and oxygen atoms in total. The largest absolute Gasteiger partial charge is 0.462 e. The van der Waals surface area contributed by atoms with E-state index in [1.54, 1.807) is 42.5 Å². The van der Waals surface area contributed by atoms with Crippen LogP contribution in [0.4, 0.5) is 18.9 Å². The predicted octanol–water partition coefficient (Wildman–Crippen LogP) is 1.64. The van der Waals surface area contributed by atoms with Gasteiger partial charge in [-0.1, -0.05) is 42.5 Å². The van der Waals surface area contributed by atoms with Crippen molar-refractivity contribution in [1.82, 2.24) is 5.32 Å². The molecule has 0 radical (unpaired) electrons. The zero-order valence-electron chi connectivity index (χ0n) is 22.5. The Bertz CT molecular complexity index is 1420. The Labute approximate surface area is 244 Å². The number of carbonyl (C=O) groups excluding carboxylic acids is 1. The molecule has 0 saturated carbocycles. The highest BCUT2D eigenvalue weighted by Crippen LogP contribution is 2.33. The molecule has 230 valence electrons. The van der Waals surface area contributed by atoms with Crippen LogP contribution in [0.15, 0.2) is 72.8 Å². The number of rotatable bonds is 10. The fourth-order valence-electron chi connectivity index (χ4n) is 4.45. The summed E-state index contributed by atoms with van der Waals surface area (Å²) in [4.78, 5) is 13.6. The number of nitrogen functional groups attached to an aromatic ring is 1. The molecular weight excluding hydrogens is 573 g/mol. The molecule has 1 fully saturated rings. The lowest BCUT2D eigenvalue weighted by Gasteiger charge is -2.39. The van der Waals surface area contributed by atoms with E-state index in [0.717, 1.165) is 12.1 Å². The van der Waals surface area contributed by atoms with Crippen molar-refractivity contribution in [3.8, 4) is 5.75 Å². The summed E-state index contributed by atoms with van der Waals surface area (Å²) >= 11 is 0. The van der Waals surface area contributed by atoms with Crippen LogP contribution in [0.25, 0.3) is 0 Å². The topological polar surface area (TPSA) is 190 Å². The monoisotopic (exact) mass is 604 g/mol. The lowest BCUT2D eigenvalue weighted by Crippen LogP contribution is -2.60. The second kappa shape index (κ2) is 13.4. The lowest BCUT2D eigenvalue weighted by molar-refractivity contribution is -0.277. The van der Waals surface area contributed by atoms with Crippen LogP contribution in [0.2, 0.25) is 0 Å². The van der Waals surface area contributed by atoms with Gasteiger partial charge in [-0.25, -0.2) is 0 Å². The number of halogens is 3. The van der Waals surface area contributed by atoms with E-state index in [4.69, 9.17) is 20.6 Å². The summed E-state index contributed by atoms with van der Waals surface area (Å²) in [6.07, 6.45) is -12.3. The van der Waals surface area contributed by atoms with Gasteiger partial charge in [0.15, 0.2) is 0 Å². The maximum atomic E-state index is 13.6. The number of benzene rings is 3. The highest BCUT2D eigenvalue weighted by Gasteiger charge is 2.45. The van der Waals surface area contributed by atoms with Crippen LogP contribution in [0, 0.1) is 5.41 Å². The van der Waals surface area contributed by atoms with E-state index in [1.165, 1.54) is 18.2 Å². The van der Waals surface area contributed by atoms with E-state index in [0.29, 0.717) is 16.8 Å². The van der Waals surface area contributed by atoms with Gasteiger partial charge in [0.2, 0.25) is 12.2 Å². The Morgan fingerprint density at radius 3 is 2.35 bits per heavy atom. The van der Waals surface area contributed by atoms with Crippen molar-refractivity contribution >= 4 is 17.4 Å². The molecule has 14 heteroatoms. The number of alkyl halides is 3. The summed E-state index contributed by atoms with van der Waals surface area (Å²) in [5, 5.41) is 53.7. The number of aliphatic hydroxyl groups is 4. The first kappa shape index (κ1) is 31.7. The number of hydrogen-bond donors (Lipinski definition) is 8. The SMILES string of the molecule is N=C(N)c1cccc(NC(C(=O)NCc2ccc(C(F)(F)F)cc2)c2ccccc2OC2OC(CO)C(O)C(O)C2O)c1. The molecule has 1 saturated heterocycles. The molecule has 1 aliphatic heterocycles. The molecule has 3 aromatic carbocycles. The quantitative estimate of drug-likeness (QED) is 0.126.